The summed E-state index contributed by atoms with van der Waals surface area (Å²) in [5, 5.41) is 5.97. The van der Waals surface area contributed by atoms with E-state index in [9.17, 15) is 0 Å². The van der Waals surface area contributed by atoms with Crippen molar-refractivity contribution in [3.63, 3.8) is 0 Å². The minimum absolute atomic E-state index is 0.687. The maximum atomic E-state index is 3.56. The third-order valence-electron chi connectivity index (χ3n) is 3.66. The monoisotopic (exact) mass is 261 g/mol. The molecule has 1 fully saturated rings. The molecule has 0 aromatic rings. The molecule has 5 atom stereocenters. The van der Waals surface area contributed by atoms with Gasteiger partial charge in [-0.25, -0.2) is 0 Å². The van der Waals surface area contributed by atoms with E-state index in [4.69, 9.17) is 0 Å². The number of hydrogen-bond donors (Lipinski definition) is 1. The first-order chi connectivity index (χ1) is 7.60. The van der Waals surface area contributed by atoms with E-state index in [0.717, 1.165) is 21.7 Å². The fraction of sp³-hybridized carbons (Fsp3) is 1.00. The minimum atomic E-state index is 0.687. The van der Waals surface area contributed by atoms with Crippen molar-refractivity contribution in [2.75, 3.05) is 12.8 Å². The predicted molar refractivity (Wildman–Crippen MR) is 79.7 cm³/mol. The minimum Gasteiger partial charge on any atom is -0.316 e. The van der Waals surface area contributed by atoms with Crippen LogP contribution in [0.15, 0.2) is 0 Å². The topological polar surface area (TPSA) is 12.0 Å². The first kappa shape index (κ1) is 14.7. The van der Waals surface area contributed by atoms with Crippen LogP contribution in [0.3, 0.4) is 0 Å². The molecule has 96 valence electrons. The van der Waals surface area contributed by atoms with Gasteiger partial charge in [0.05, 0.1) is 0 Å². The molecule has 1 N–H and O–H groups in total. The maximum Gasteiger partial charge on any atom is 0.0297 e. The van der Waals surface area contributed by atoms with Crippen molar-refractivity contribution >= 4 is 23.5 Å². The molecule has 0 bridgehead atoms. The third-order valence-corrected chi connectivity index (χ3v) is 7.18. The Labute approximate surface area is 110 Å². The molecule has 0 radical (unpaired) electrons. The van der Waals surface area contributed by atoms with E-state index in [-0.39, 0.29) is 0 Å². The van der Waals surface area contributed by atoms with E-state index in [1.54, 1.807) is 0 Å². The molecule has 3 heteroatoms. The molecule has 5 unspecified atom stereocenters. The van der Waals surface area contributed by atoms with Crippen molar-refractivity contribution in [2.24, 2.45) is 5.92 Å². The number of rotatable bonds is 5. The summed E-state index contributed by atoms with van der Waals surface area (Å²) in [5.41, 5.74) is 0. The quantitative estimate of drug-likeness (QED) is 0.811. The maximum absolute atomic E-state index is 3.56. The molecule has 0 amide bonds. The lowest BCUT2D eigenvalue weighted by molar-refractivity contribution is 0.372. The number of nitrogens with one attached hydrogen (secondary N) is 1. The Morgan fingerprint density at radius 3 is 2.50 bits per heavy atom. The van der Waals surface area contributed by atoms with Crippen molar-refractivity contribution in [1.82, 2.24) is 5.32 Å². The molecule has 16 heavy (non-hydrogen) atoms. The lowest BCUT2D eigenvalue weighted by Crippen LogP contribution is -2.45. The number of hydrogen-bond acceptors (Lipinski definition) is 3. The zero-order chi connectivity index (χ0) is 12.1. The Morgan fingerprint density at radius 1 is 1.31 bits per heavy atom. The average Bonchev–Trinajstić information content (AvgIpc) is 2.25. The predicted octanol–water partition coefficient (Wildman–Crippen LogP) is 3.64. The lowest BCUT2D eigenvalue weighted by atomic mass is 9.95. The van der Waals surface area contributed by atoms with Crippen LogP contribution in [0, 0.1) is 5.92 Å². The van der Waals surface area contributed by atoms with Gasteiger partial charge in [-0.15, -0.1) is 0 Å². The normalized spacial score (nSPS) is 34.7. The molecular weight excluding hydrogens is 234 g/mol. The number of thioether (sulfide) groups is 2. The van der Waals surface area contributed by atoms with Gasteiger partial charge in [-0.2, -0.15) is 23.5 Å². The first-order valence-electron chi connectivity index (χ1n) is 6.54. The van der Waals surface area contributed by atoms with Gasteiger partial charge in [0, 0.05) is 27.5 Å². The molecule has 0 saturated carbocycles. The second-order valence-electron chi connectivity index (χ2n) is 5.00. The van der Waals surface area contributed by atoms with Gasteiger partial charge in [-0.1, -0.05) is 34.1 Å². The van der Waals surface area contributed by atoms with E-state index in [1.807, 2.05) is 0 Å². The SMILES string of the molecule is CCCC(C)C(NC)C1CSC(C)C(C)S1. The van der Waals surface area contributed by atoms with Crippen molar-refractivity contribution < 1.29 is 0 Å². The first-order valence-corrected chi connectivity index (χ1v) is 8.53. The standard InChI is InChI=1S/C13H27NS2/c1-6-7-9(2)13(14-5)12-8-15-10(3)11(4)16-12/h9-14H,6-8H2,1-5H3. The van der Waals surface area contributed by atoms with Crippen LogP contribution in [-0.2, 0) is 0 Å². The summed E-state index contributed by atoms with van der Waals surface area (Å²) in [4.78, 5) is 0. The largest absolute Gasteiger partial charge is 0.316 e. The van der Waals surface area contributed by atoms with Crippen LogP contribution in [0.1, 0.15) is 40.5 Å². The Morgan fingerprint density at radius 2 is 2.00 bits per heavy atom. The molecule has 0 aromatic heterocycles. The van der Waals surface area contributed by atoms with Gasteiger partial charge in [0.1, 0.15) is 0 Å². The van der Waals surface area contributed by atoms with Crippen LogP contribution in [0.5, 0.6) is 0 Å². The summed E-state index contributed by atoms with van der Waals surface area (Å²) in [6.45, 7) is 9.43. The zero-order valence-electron chi connectivity index (χ0n) is 11.3. The fourth-order valence-electron chi connectivity index (χ4n) is 2.47. The Balaban J connectivity index is 2.53. The van der Waals surface area contributed by atoms with Gasteiger partial charge >= 0.3 is 0 Å². The van der Waals surface area contributed by atoms with Crippen LogP contribution < -0.4 is 5.32 Å². The van der Waals surface area contributed by atoms with Gasteiger partial charge in [0.25, 0.3) is 0 Å². The molecule has 0 spiro atoms. The molecule has 1 aliphatic rings. The Hall–Kier alpha value is 0.660. The van der Waals surface area contributed by atoms with Crippen molar-refractivity contribution in [1.29, 1.82) is 0 Å². The van der Waals surface area contributed by atoms with Crippen molar-refractivity contribution in [3.8, 4) is 0 Å². The lowest BCUT2D eigenvalue weighted by Gasteiger charge is -2.38. The summed E-state index contributed by atoms with van der Waals surface area (Å²) in [5.74, 6) is 2.11. The summed E-state index contributed by atoms with van der Waals surface area (Å²) in [7, 11) is 2.13. The van der Waals surface area contributed by atoms with Crippen LogP contribution in [0.25, 0.3) is 0 Å². The highest BCUT2D eigenvalue weighted by Gasteiger charge is 2.32. The van der Waals surface area contributed by atoms with E-state index in [0.29, 0.717) is 6.04 Å². The molecule has 1 saturated heterocycles. The second-order valence-corrected chi connectivity index (χ2v) is 8.03. The van der Waals surface area contributed by atoms with E-state index in [1.165, 1.54) is 18.6 Å². The summed E-state index contributed by atoms with van der Waals surface area (Å²) in [6, 6.07) is 0.687. The summed E-state index contributed by atoms with van der Waals surface area (Å²) >= 11 is 4.35. The van der Waals surface area contributed by atoms with Gasteiger partial charge < -0.3 is 5.32 Å². The highest BCUT2D eigenvalue weighted by atomic mass is 32.2. The van der Waals surface area contributed by atoms with Crippen molar-refractivity contribution in [3.05, 3.63) is 0 Å². The van der Waals surface area contributed by atoms with Gasteiger partial charge in [0.2, 0.25) is 0 Å². The van der Waals surface area contributed by atoms with Crippen molar-refractivity contribution in [2.45, 2.75) is 62.3 Å². The summed E-state index contributed by atoms with van der Waals surface area (Å²) < 4.78 is 0. The second kappa shape index (κ2) is 7.17. The zero-order valence-corrected chi connectivity index (χ0v) is 13.0. The van der Waals surface area contributed by atoms with Gasteiger partial charge in [-0.3, -0.25) is 0 Å². The smallest absolute Gasteiger partial charge is 0.0297 e. The summed E-state index contributed by atoms with van der Waals surface area (Å²) in [6.07, 6.45) is 2.65. The highest BCUT2D eigenvalue weighted by Crippen LogP contribution is 2.38. The van der Waals surface area contributed by atoms with Crippen LogP contribution >= 0.6 is 23.5 Å². The molecule has 1 heterocycles. The van der Waals surface area contributed by atoms with E-state index >= 15 is 0 Å². The Kier molecular flexibility index (Phi) is 6.60. The van der Waals surface area contributed by atoms with Crippen LogP contribution in [0.2, 0.25) is 0 Å². The van der Waals surface area contributed by atoms with Crippen LogP contribution in [0.4, 0.5) is 0 Å². The van der Waals surface area contributed by atoms with Gasteiger partial charge in [0.15, 0.2) is 0 Å². The molecule has 1 nitrogen and oxygen atoms in total. The van der Waals surface area contributed by atoms with Gasteiger partial charge in [-0.05, 0) is 19.4 Å². The van der Waals surface area contributed by atoms with E-state index < -0.39 is 0 Å². The molecule has 1 rings (SSSR count). The highest BCUT2D eigenvalue weighted by molar-refractivity contribution is 8.07. The molecular formula is C13H27NS2. The average molecular weight is 262 g/mol. The van der Waals surface area contributed by atoms with Crippen LogP contribution in [-0.4, -0.2) is 34.6 Å². The fourth-order valence-corrected chi connectivity index (χ4v) is 5.76. The third kappa shape index (κ3) is 3.85. The molecule has 0 aliphatic carbocycles. The molecule has 0 aromatic carbocycles. The Bertz CT molecular complexity index is 198. The molecule has 1 aliphatic heterocycles. The van der Waals surface area contributed by atoms with E-state index in [2.05, 4.69) is 63.6 Å².